The van der Waals surface area contributed by atoms with Gasteiger partial charge in [-0.1, -0.05) is 72.8 Å². The Morgan fingerprint density at radius 2 is 1.45 bits per heavy atom. The summed E-state index contributed by atoms with van der Waals surface area (Å²) < 4.78 is 72.1. The molecule has 33 heavy (non-hydrogen) atoms. The minimum atomic E-state index is -4.78. The molecule has 0 atom stereocenters. The van der Waals surface area contributed by atoms with Crippen LogP contribution in [0.25, 0.3) is 11.1 Å². The van der Waals surface area contributed by atoms with Gasteiger partial charge in [0.1, 0.15) is 0 Å². The summed E-state index contributed by atoms with van der Waals surface area (Å²) in [5.41, 5.74) is 0.0686. The van der Waals surface area contributed by atoms with E-state index in [1.54, 1.807) is 61.5 Å². The molecule has 5 nitrogen and oxygen atoms in total. The normalized spacial score (nSPS) is 12.0. The van der Waals surface area contributed by atoms with E-state index in [4.69, 9.17) is 0 Å². The Hall–Kier alpha value is -3.59. The molecular weight excluding hydrogens is 451 g/mol. The van der Waals surface area contributed by atoms with E-state index in [1.165, 1.54) is 30.3 Å². The molecule has 9 heteroatoms. The van der Waals surface area contributed by atoms with Crippen molar-refractivity contribution in [1.82, 2.24) is 9.78 Å². The maximum absolute atomic E-state index is 14.4. The fourth-order valence-electron chi connectivity index (χ4n) is 3.59. The predicted molar refractivity (Wildman–Crippen MR) is 120 cm³/mol. The summed E-state index contributed by atoms with van der Waals surface area (Å²) in [6.45, 7) is 1.49. The second kappa shape index (κ2) is 8.74. The van der Waals surface area contributed by atoms with Crippen LogP contribution < -0.4 is 4.72 Å². The van der Waals surface area contributed by atoms with Crippen LogP contribution in [0.5, 0.6) is 0 Å². The Morgan fingerprint density at radius 1 is 0.879 bits per heavy atom. The summed E-state index contributed by atoms with van der Waals surface area (Å²) in [5.74, 6) is -0.378. The van der Waals surface area contributed by atoms with Crippen molar-refractivity contribution in [2.45, 2.75) is 24.5 Å². The maximum Gasteiger partial charge on any atom is 0.433 e. The highest BCUT2D eigenvalue weighted by atomic mass is 32.2. The second-order valence-electron chi connectivity index (χ2n) is 7.45. The summed E-state index contributed by atoms with van der Waals surface area (Å²) in [6, 6.07) is 22.5. The van der Waals surface area contributed by atoms with Gasteiger partial charge in [0.05, 0.1) is 17.0 Å². The van der Waals surface area contributed by atoms with Crippen molar-refractivity contribution in [2.75, 3.05) is 4.72 Å². The Bertz CT molecular complexity index is 1370. The Balaban J connectivity index is 1.94. The summed E-state index contributed by atoms with van der Waals surface area (Å²) in [7, 11) is -4.17. The zero-order valence-electron chi connectivity index (χ0n) is 17.5. The van der Waals surface area contributed by atoms with Gasteiger partial charge in [-0.15, -0.1) is 0 Å². The monoisotopic (exact) mass is 471 g/mol. The largest absolute Gasteiger partial charge is 0.433 e. The lowest BCUT2D eigenvalue weighted by molar-refractivity contribution is -0.143. The van der Waals surface area contributed by atoms with Crippen LogP contribution in [0.1, 0.15) is 16.8 Å². The van der Waals surface area contributed by atoms with E-state index in [9.17, 15) is 21.6 Å². The molecule has 0 aliphatic heterocycles. The lowest BCUT2D eigenvalue weighted by Crippen LogP contribution is -2.16. The summed E-state index contributed by atoms with van der Waals surface area (Å²) in [6.07, 6.45) is -4.78. The molecule has 0 saturated heterocycles. The van der Waals surface area contributed by atoms with Crippen LogP contribution in [-0.4, -0.2) is 18.2 Å². The molecule has 4 rings (SSSR count). The molecule has 0 bridgehead atoms. The molecule has 0 aliphatic rings. The topological polar surface area (TPSA) is 64.0 Å². The van der Waals surface area contributed by atoms with E-state index in [0.717, 1.165) is 4.68 Å². The number of nitrogens with zero attached hydrogens (tertiary/aromatic N) is 2. The predicted octanol–water partition coefficient (Wildman–Crippen LogP) is 5.73. The van der Waals surface area contributed by atoms with Crippen molar-refractivity contribution in [3.05, 3.63) is 102 Å². The van der Waals surface area contributed by atoms with E-state index < -0.39 is 21.9 Å². The first kappa shape index (κ1) is 22.6. The third-order valence-electron chi connectivity index (χ3n) is 5.10. The molecule has 0 aliphatic carbocycles. The first-order valence-electron chi connectivity index (χ1n) is 10.0. The average molecular weight is 472 g/mol. The number of sulfonamides is 1. The van der Waals surface area contributed by atoms with Gasteiger partial charge in [-0.05, 0) is 35.7 Å². The molecule has 0 spiro atoms. The van der Waals surface area contributed by atoms with E-state index in [0.29, 0.717) is 11.1 Å². The molecule has 0 fully saturated rings. The Labute approximate surface area is 189 Å². The van der Waals surface area contributed by atoms with Gasteiger partial charge in [-0.2, -0.15) is 18.3 Å². The van der Waals surface area contributed by atoms with Gasteiger partial charge in [0.2, 0.25) is 0 Å². The number of benzene rings is 3. The zero-order chi connectivity index (χ0) is 23.6. The molecule has 0 saturated carbocycles. The number of hydrogen-bond acceptors (Lipinski definition) is 3. The van der Waals surface area contributed by atoms with Crippen LogP contribution in [0.3, 0.4) is 0 Å². The molecule has 170 valence electrons. The van der Waals surface area contributed by atoms with Gasteiger partial charge in [-0.25, -0.2) is 8.42 Å². The van der Waals surface area contributed by atoms with Crippen molar-refractivity contribution in [2.24, 2.45) is 0 Å². The fraction of sp³-hybridized carbons (Fsp3) is 0.125. The van der Waals surface area contributed by atoms with Crippen molar-refractivity contribution in [3.63, 3.8) is 0 Å². The number of nitrogens with one attached hydrogen (secondary N) is 1. The number of hydrogen-bond donors (Lipinski definition) is 1. The van der Waals surface area contributed by atoms with Crippen molar-refractivity contribution in [3.8, 4) is 11.1 Å². The highest BCUT2D eigenvalue weighted by molar-refractivity contribution is 7.92. The number of halogens is 3. The molecule has 1 aromatic heterocycles. The number of aryl methyl sites for hydroxylation is 1. The minimum absolute atomic E-state index is 0.0769. The van der Waals surface area contributed by atoms with Crippen LogP contribution in [0.2, 0.25) is 0 Å². The summed E-state index contributed by atoms with van der Waals surface area (Å²) >= 11 is 0. The third-order valence-corrected chi connectivity index (χ3v) is 6.45. The van der Waals surface area contributed by atoms with Gasteiger partial charge in [0, 0.05) is 0 Å². The highest BCUT2D eigenvalue weighted by Crippen LogP contribution is 2.43. The van der Waals surface area contributed by atoms with E-state index in [-0.39, 0.29) is 28.4 Å². The smallest absolute Gasteiger partial charge is 0.261 e. The van der Waals surface area contributed by atoms with Crippen LogP contribution >= 0.6 is 0 Å². The number of alkyl halides is 3. The number of anilines is 1. The standard InChI is InChI=1S/C24H20F3N3O2S/c1-17-10-8-9-15-20(17)21-22(24(25,26)27)30(16-18-11-4-2-5-12-18)28-23(21)29-33(31,32)19-13-6-3-7-14-19/h2-15H,16H2,1H3,(H,28,29). The SMILES string of the molecule is Cc1ccccc1-c1c(NS(=O)(=O)c2ccccc2)nn(Cc2ccccc2)c1C(F)(F)F. The Kier molecular flexibility index (Phi) is 5.99. The van der Waals surface area contributed by atoms with Gasteiger partial charge in [0.25, 0.3) is 10.0 Å². The lowest BCUT2D eigenvalue weighted by atomic mass is 10.00. The molecule has 3 aromatic carbocycles. The van der Waals surface area contributed by atoms with Crippen LogP contribution in [-0.2, 0) is 22.7 Å². The van der Waals surface area contributed by atoms with Crippen LogP contribution in [0, 0.1) is 6.92 Å². The van der Waals surface area contributed by atoms with Crippen LogP contribution in [0.4, 0.5) is 19.0 Å². The molecular formula is C24H20F3N3O2S. The van der Waals surface area contributed by atoms with Gasteiger partial charge in [0.15, 0.2) is 11.5 Å². The van der Waals surface area contributed by atoms with E-state index in [2.05, 4.69) is 9.82 Å². The number of rotatable bonds is 6. The van der Waals surface area contributed by atoms with Gasteiger partial charge >= 0.3 is 6.18 Å². The fourth-order valence-corrected chi connectivity index (χ4v) is 4.62. The van der Waals surface area contributed by atoms with Crippen LogP contribution in [0.15, 0.2) is 89.8 Å². The molecule has 1 N–H and O–H groups in total. The van der Waals surface area contributed by atoms with E-state index >= 15 is 0 Å². The average Bonchev–Trinajstić information content (AvgIpc) is 3.12. The van der Waals surface area contributed by atoms with Gasteiger partial charge < -0.3 is 0 Å². The Morgan fingerprint density at radius 3 is 2.06 bits per heavy atom. The second-order valence-corrected chi connectivity index (χ2v) is 9.13. The highest BCUT2D eigenvalue weighted by Gasteiger charge is 2.41. The zero-order valence-corrected chi connectivity index (χ0v) is 18.4. The maximum atomic E-state index is 14.4. The quantitative estimate of drug-likeness (QED) is 0.391. The van der Waals surface area contributed by atoms with Gasteiger partial charge in [-0.3, -0.25) is 9.40 Å². The van der Waals surface area contributed by atoms with Crippen molar-refractivity contribution >= 4 is 15.8 Å². The molecule has 4 aromatic rings. The third kappa shape index (κ3) is 4.78. The molecule has 1 heterocycles. The molecule has 0 unspecified atom stereocenters. The van der Waals surface area contributed by atoms with Crippen molar-refractivity contribution in [1.29, 1.82) is 0 Å². The first-order valence-corrected chi connectivity index (χ1v) is 11.5. The lowest BCUT2D eigenvalue weighted by Gasteiger charge is -2.14. The van der Waals surface area contributed by atoms with Crippen molar-refractivity contribution < 1.29 is 21.6 Å². The number of aromatic nitrogens is 2. The molecule has 0 amide bonds. The summed E-state index contributed by atoms with van der Waals surface area (Å²) in [4.78, 5) is -0.0769. The molecule has 0 radical (unpaired) electrons. The summed E-state index contributed by atoms with van der Waals surface area (Å²) in [5, 5.41) is 4.11. The minimum Gasteiger partial charge on any atom is -0.261 e. The first-order chi connectivity index (χ1) is 15.7. The van der Waals surface area contributed by atoms with E-state index in [1.807, 2.05) is 0 Å².